The lowest BCUT2D eigenvalue weighted by molar-refractivity contribution is -0.146. The van der Waals surface area contributed by atoms with Gasteiger partial charge in [-0.05, 0) is 24.3 Å². The van der Waals surface area contributed by atoms with Crippen LogP contribution in [-0.2, 0) is 4.79 Å². The molecule has 2 rings (SSSR count). The average molecular weight is 293 g/mol. The summed E-state index contributed by atoms with van der Waals surface area (Å²) in [6, 6.07) is -0.886. The molecule has 0 aromatic rings. The Bertz CT molecular complexity index is 383. The zero-order valence-electron chi connectivity index (χ0n) is 12.1. The Morgan fingerprint density at radius 2 is 1.90 bits per heavy atom. The lowest BCUT2D eigenvalue weighted by Crippen LogP contribution is -2.50. The minimum absolute atomic E-state index is 0.0758. The minimum atomic E-state index is -4.27. The predicted molar refractivity (Wildman–Crippen MR) is 68.9 cm³/mol. The van der Waals surface area contributed by atoms with Crippen LogP contribution in [0.2, 0.25) is 0 Å². The monoisotopic (exact) mass is 293 g/mol. The van der Waals surface area contributed by atoms with E-state index in [1.165, 1.54) is 7.05 Å². The molecular weight excluding hydrogens is 271 g/mol. The van der Waals surface area contributed by atoms with E-state index >= 15 is 0 Å². The first-order valence-corrected chi connectivity index (χ1v) is 6.82. The SMILES string of the molecule is CN(CC(N)C(=O)N1CC2C(C1)C2(C)C)CC(F)(F)F. The van der Waals surface area contributed by atoms with E-state index in [1.54, 1.807) is 4.90 Å². The maximum absolute atomic E-state index is 12.2. The Labute approximate surface area is 117 Å². The van der Waals surface area contributed by atoms with Crippen LogP contribution in [0.3, 0.4) is 0 Å². The number of carbonyl (C=O) groups is 1. The zero-order valence-corrected chi connectivity index (χ0v) is 12.1. The van der Waals surface area contributed by atoms with Gasteiger partial charge in [0.05, 0.1) is 12.6 Å². The van der Waals surface area contributed by atoms with Gasteiger partial charge in [-0.2, -0.15) is 13.2 Å². The fourth-order valence-electron chi connectivity index (χ4n) is 3.33. The van der Waals surface area contributed by atoms with Gasteiger partial charge in [0, 0.05) is 19.6 Å². The largest absolute Gasteiger partial charge is 0.401 e. The molecule has 116 valence electrons. The summed E-state index contributed by atoms with van der Waals surface area (Å²) in [7, 11) is 1.32. The number of piperidine rings is 1. The van der Waals surface area contributed by atoms with Gasteiger partial charge in [-0.15, -0.1) is 0 Å². The van der Waals surface area contributed by atoms with Gasteiger partial charge in [0.25, 0.3) is 0 Å². The number of fused-ring (bicyclic) bond motifs is 1. The number of nitrogens with two attached hydrogens (primary N) is 1. The molecule has 0 bridgehead atoms. The number of carbonyl (C=O) groups excluding carboxylic acids is 1. The van der Waals surface area contributed by atoms with Crippen LogP contribution < -0.4 is 5.73 Å². The van der Waals surface area contributed by atoms with Crippen LogP contribution in [0.4, 0.5) is 13.2 Å². The van der Waals surface area contributed by atoms with E-state index in [4.69, 9.17) is 5.73 Å². The Balaban J connectivity index is 1.79. The van der Waals surface area contributed by atoms with Crippen molar-refractivity contribution in [2.75, 3.05) is 33.2 Å². The molecule has 20 heavy (non-hydrogen) atoms. The van der Waals surface area contributed by atoms with E-state index < -0.39 is 18.8 Å². The lowest BCUT2D eigenvalue weighted by Gasteiger charge is -2.27. The summed E-state index contributed by atoms with van der Waals surface area (Å²) in [5.74, 6) is 0.806. The number of likely N-dealkylation sites (N-methyl/N-ethyl adjacent to an activating group) is 1. The number of amides is 1. The molecule has 1 heterocycles. The molecule has 1 saturated carbocycles. The third kappa shape index (κ3) is 3.09. The molecular formula is C13H22F3N3O. The van der Waals surface area contributed by atoms with Gasteiger partial charge in [0.15, 0.2) is 0 Å². The summed E-state index contributed by atoms with van der Waals surface area (Å²) in [4.78, 5) is 14.9. The molecule has 4 nitrogen and oxygen atoms in total. The number of halogens is 3. The van der Waals surface area contributed by atoms with E-state index in [1.807, 2.05) is 0 Å². The Morgan fingerprint density at radius 1 is 1.40 bits per heavy atom. The first kappa shape index (κ1) is 15.6. The van der Waals surface area contributed by atoms with E-state index in [0.717, 1.165) is 4.90 Å². The fourth-order valence-corrected chi connectivity index (χ4v) is 3.33. The van der Waals surface area contributed by atoms with Gasteiger partial charge < -0.3 is 10.6 Å². The van der Waals surface area contributed by atoms with Crippen molar-refractivity contribution >= 4 is 5.91 Å². The number of rotatable bonds is 4. The molecule has 2 fully saturated rings. The third-order valence-corrected chi connectivity index (χ3v) is 4.71. The van der Waals surface area contributed by atoms with Crippen molar-refractivity contribution in [3.63, 3.8) is 0 Å². The highest BCUT2D eigenvalue weighted by Gasteiger charge is 2.62. The molecule has 0 radical (unpaired) electrons. The Kier molecular flexibility index (Phi) is 3.79. The number of alkyl halides is 3. The normalized spacial score (nSPS) is 29.5. The van der Waals surface area contributed by atoms with Crippen LogP contribution in [0.25, 0.3) is 0 Å². The summed E-state index contributed by atoms with van der Waals surface area (Å²) in [5, 5.41) is 0. The van der Waals surface area contributed by atoms with Gasteiger partial charge in [0.1, 0.15) is 0 Å². The smallest absolute Gasteiger partial charge is 0.341 e. The van der Waals surface area contributed by atoms with Gasteiger partial charge in [-0.25, -0.2) is 0 Å². The zero-order chi connectivity index (χ0) is 15.3. The topological polar surface area (TPSA) is 49.6 Å². The molecule has 3 unspecified atom stereocenters. The molecule has 0 aromatic carbocycles. The van der Waals surface area contributed by atoms with Crippen molar-refractivity contribution in [1.29, 1.82) is 0 Å². The second-order valence-electron chi connectivity index (χ2n) is 6.70. The highest BCUT2D eigenvalue weighted by atomic mass is 19.4. The Hall–Kier alpha value is -0.820. The van der Waals surface area contributed by atoms with Crippen molar-refractivity contribution in [3.05, 3.63) is 0 Å². The summed E-state index contributed by atoms with van der Waals surface area (Å²) in [6.45, 7) is 4.61. The van der Waals surface area contributed by atoms with Gasteiger partial charge in [-0.1, -0.05) is 13.8 Å². The van der Waals surface area contributed by atoms with E-state index in [2.05, 4.69) is 13.8 Å². The molecule has 1 saturated heterocycles. The van der Waals surface area contributed by atoms with Crippen LogP contribution in [-0.4, -0.2) is 61.2 Å². The summed E-state index contributed by atoms with van der Waals surface area (Å²) in [5.41, 5.74) is 6.04. The molecule has 7 heteroatoms. The number of hydrogen-bond donors (Lipinski definition) is 1. The second-order valence-corrected chi connectivity index (χ2v) is 6.70. The van der Waals surface area contributed by atoms with Crippen molar-refractivity contribution in [2.24, 2.45) is 23.0 Å². The maximum Gasteiger partial charge on any atom is 0.401 e. The van der Waals surface area contributed by atoms with Gasteiger partial charge >= 0.3 is 6.18 Å². The van der Waals surface area contributed by atoms with Crippen LogP contribution in [0, 0.1) is 17.3 Å². The van der Waals surface area contributed by atoms with E-state index in [0.29, 0.717) is 30.3 Å². The van der Waals surface area contributed by atoms with Crippen molar-refractivity contribution in [1.82, 2.24) is 9.80 Å². The first-order chi connectivity index (χ1) is 9.02. The number of likely N-dealkylation sites (tertiary alicyclic amines) is 1. The van der Waals surface area contributed by atoms with Gasteiger partial charge in [-0.3, -0.25) is 9.69 Å². The highest BCUT2D eigenvalue weighted by molar-refractivity contribution is 5.82. The van der Waals surface area contributed by atoms with Crippen molar-refractivity contribution < 1.29 is 18.0 Å². The maximum atomic E-state index is 12.2. The molecule has 1 aliphatic carbocycles. The highest BCUT2D eigenvalue weighted by Crippen LogP contribution is 2.61. The Morgan fingerprint density at radius 3 is 2.35 bits per heavy atom. The first-order valence-electron chi connectivity index (χ1n) is 6.82. The summed E-state index contributed by atoms with van der Waals surface area (Å²) >= 11 is 0. The van der Waals surface area contributed by atoms with Crippen molar-refractivity contribution in [2.45, 2.75) is 26.1 Å². The molecule has 1 aliphatic heterocycles. The number of hydrogen-bond acceptors (Lipinski definition) is 3. The molecule has 2 N–H and O–H groups in total. The average Bonchev–Trinajstić information content (AvgIpc) is 2.65. The van der Waals surface area contributed by atoms with Crippen LogP contribution in [0.1, 0.15) is 13.8 Å². The molecule has 0 aromatic heterocycles. The predicted octanol–water partition coefficient (Wildman–Crippen LogP) is 0.922. The number of nitrogens with zero attached hydrogens (tertiary/aromatic N) is 2. The van der Waals surface area contributed by atoms with E-state index in [9.17, 15) is 18.0 Å². The van der Waals surface area contributed by atoms with Crippen LogP contribution in [0.15, 0.2) is 0 Å². The second kappa shape index (κ2) is 4.87. The van der Waals surface area contributed by atoms with Crippen LogP contribution in [0.5, 0.6) is 0 Å². The third-order valence-electron chi connectivity index (χ3n) is 4.71. The molecule has 0 spiro atoms. The fraction of sp³-hybridized carbons (Fsp3) is 0.923. The quantitative estimate of drug-likeness (QED) is 0.838. The van der Waals surface area contributed by atoms with Crippen molar-refractivity contribution in [3.8, 4) is 0 Å². The lowest BCUT2D eigenvalue weighted by atomic mass is 10.1. The molecule has 2 aliphatic rings. The summed E-state index contributed by atoms with van der Waals surface area (Å²) < 4.78 is 36.7. The van der Waals surface area contributed by atoms with E-state index in [-0.39, 0.29) is 12.5 Å². The molecule has 3 atom stereocenters. The van der Waals surface area contributed by atoms with Gasteiger partial charge in [0.2, 0.25) is 5.91 Å². The molecule has 1 amide bonds. The van der Waals surface area contributed by atoms with Crippen LogP contribution >= 0.6 is 0 Å². The summed E-state index contributed by atoms with van der Waals surface area (Å²) in [6.07, 6.45) is -4.27. The standard InChI is InChI=1S/C13H22F3N3O/c1-12(2)8-4-19(5-9(8)12)11(20)10(17)6-18(3)7-13(14,15)16/h8-10H,4-7,17H2,1-3H3. The minimum Gasteiger partial charge on any atom is -0.341 e.